The van der Waals surface area contributed by atoms with E-state index in [9.17, 15) is 4.79 Å². The van der Waals surface area contributed by atoms with Crippen LogP contribution in [0.1, 0.15) is 11.1 Å². The molecule has 4 heteroatoms. The van der Waals surface area contributed by atoms with Crippen molar-refractivity contribution in [2.24, 2.45) is 5.73 Å². The van der Waals surface area contributed by atoms with E-state index < -0.39 is 6.09 Å². The lowest BCUT2D eigenvalue weighted by Gasteiger charge is -2.06. The molecule has 0 aliphatic rings. The van der Waals surface area contributed by atoms with Crippen LogP contribution in [0.2, 0.25) is 0 Å². The third-order valence-corrected chi connectivity index (χ3v) is 2.68. The number of carbonyl (C=O) groups is 1. The van der Waals surface area contributed by atoms with Crippen molar-refractivity contribution in [3.8, 4) is 17.6 Å². The van der Waals surface area contributed by atoms with Gasteiger partial charge in [-0.15, -0.1) is 0 Å². The van der Waals surface area contributed by atoms with Gasteiger partial charge in [0.1, 0.15) is 5.75 Å². The molecule has 0 atom stereocenters. The highest BCUT2D eigenvalue weighted by Crippen LogP contribution is 2.08. The summed E-state index contributed by atoms with van der Waals surface area (Å²) in [7, 11) is 0. The quantitative estimate of drug-likeness (QED) is 0.848. The predicted molar refractivity (Wildman–Crippen MR) is 81.7 cm³/mol. The SMILES string of the molecule is NCC#Cc1ccc(CNC(=O)Oc2ccccc2)cc1. The average molecular weight is 280 g/mol. The summed E-state index contributed by atoms with van der Waals surface area (Å²) in [5.74, 6) is 6.25. The van der Waals surface area contributed by atoms with E-state index in [0.717, 1.165) is 11.1 Å². The van der Waals surface area contributed by atoms with Gasteiger partial charge in [-0.2, -0.15) is 0 Å². The lowest BCUT2D eigenvalue weighted by molar-refractivity contribution is 0.200. The minimum absolute atomic E-state index is 0.342. The molecule has 0 saturated heterocycles. The number of hydrogen-bond donors (Lipinski definition) is 2. The Morgan fingerprint density at radius 1 is 1.10 bits per heavy atom. The normalized spacial score (nSPS) is 9.38. The number of nitrogens with one attached hydrogen (secondary N) is 1. The number of carbonyl (C=O) groups excluding carboxylic acids is 1. The van der Waals surface area contributed by atoms with Crippen molar-refractivity contribution in [1.82, 2.24) is 5.32 Å². The topological polar surface area (TPSA) is 64.3 Å². The fourth-order valence-corrected chi connectivity index (χ4v) is 1.66. The fourth-order valence-electron chi connectivity index (χ4n) is 1.66. The molecular formula is C17H16N2O2. The summed E-state index contributed by atoms with van der Waals surface area (Å²) in [6, 6.07) is 16.5. The van der Waals surface area contributed by atoms with E-state index in [-0.39, 0.29) is 0 Å². The highest BCUT2D eigenvalue weighted by molar-refractivity contribution is 5.70. The van der Waals surface area contributed by atoms with Crippen LogP contribution < -0.4 is 15.8 Å². The van der Waals surface area contributed by atoms with Crippen LogP contribution in [0, 0.1) is 11.8 Å². The van der Waals surface area contributed by atoms with Gasteiger partial charge in [0.2, 0.25) is 0 Å². The zero-order valence-electron chi connectivity index (χ0n) is 11.5. The molecule has 0 bridgehead atoms. The molecule has 2 aromatic carbocycles. The first-order chi connectivity index (χ1) is 10.3. The van der Waals surface area contributed by atoms with Crippen LogP contribution in [-0.2, 0) is 6.54 Å². The maximum atomic E-state index is 11.6. The molecule has 0 aliphatic heterocycles. The number of amides is 1. The fraction of sp³-hybridized carbons (Fsp3) is 0.118. The van der Waals surface area contributed by atoms with Crippen molar-refractivity contribution in [1.29, 1.82) is 0 Å². The highest BCUT2D eigenvalue weighted by Gasteiger charge is 2.03. The van der Waals surface area contributed by atoms with E-state index in [1.807, 2.05) is 42.5 Å². The molecule has 2 rings (SSSR count). The van der Waals surface area contributed by atoms with E-state index in [2.05, 4.69) is 17.2 Å². The first-order valence-corrected chi connectivity index (χ1v) is 6.56. The zero-order valence-corrected chi connectivity index (χ0v) is 11.5. The molecule has 21 heavy (non-hydrogen) atoms. The summed E-state index contributed by atoms with van der Waals surface area (Å²) in [4.78, 5) is 11.6. The van der Waals surface area contributed by atoms with Gasteiger partial charge in [0.25, 0.3) is 0 Å². The molecule has 0 radical (unpaired) electrons. The molecular weight excluding hydrogens is 264 g/mol. The van der Waals surface area contributed by atoms with E-state index >= 15 is 0 Å². The molecule has 0 fully saturated rings. The summed E-state index contributed by atoms with van der Waals surface area (Å²) in [6.45, 7) is 0.741. The molecule has 106 valence electrons. The largest absolute Gasteiger partial charge is 0.412 e. The van der Waals surface area contributed by atoms with Crippen LogP contribution in [0.4, 0.5) is 4.79 Å². The molecule has 2 aromatic rings. The first-order valence-electron chi connectivity index (χ1n) is 6.56. The van der Waals surface area contributed by atoms with E-state index in [0.29, 0.717) is 18.8 Å². The molecule has 0 spiro atoms. The molecule has 1 amide bonds. The Bertz CT molecular complexity index is 640. The van der Waals surface area contributed by atoms with Gasteiger partial charge in [-0.25, -0.2) is 4.79 Å². The minimum Gasteiger partial charge on any atom is -0.410 e. The van der Waals surface area contributed by atoms with Gasteiger partial charge in [0.05, 0.1) is 6.54 Å². The van der Waals surface area contributed by atoms with Crippen LogP contribution in [0.5, 0.6) is 5.75 Å². The minimum atomic E-state index is -0.479. The van der Waals surface area contributed by atoms with Crippen LogP contribution >= 0.6 is 0 Å². The van der Waals surface area contributed by atoms with Crippen LogP contribution in [0.25, 0.3) is 0 Å². The van der Waals surface area contributed by atoms with E-state index in [1.54, 1.807) is 12.1 Å². The number of para-hydroxylation sites is 1. The Labute approximate surface area is 123 Å². The predicted octanol–water partition coefficient (Wildman–Crippen LogP) is 2.29. The van der Waals surface area contributed by atoms with Gasteiger partial charge in [0.15, 0.2) is 0 Å². The molecule has 0 heterocycles. The Morgan fingerprint density at radius 2 is 1.81 bits per heavy atom. The summed E-state index contributed by atoms with van der Waals surface area (Å²) in [5, 5.41) is 2.69. The van der Waals surface area contributed by atoms with Gasteiger partial charge in [-0.1, -0.05) is 42.2 Å². The van der Waals surface area contributed by atoms with Crippen molar-refractivity contribution < 1.29 is 9.53 Å². The number of hydrogen-bond acceptors (Lipinski definition) is 3. The number of benzene rings is 2. The number of ether oxygens (including phenoxy) is 1. The van der Waals surface area contributed by atoms with E-state index in [1.165, 1.54) is 0 Å². The van der Waals surface area contributed by atoms with E-state index in [4.69, 9.17) is 10.5 Å². The summed E-state index contributed by atoms with van der Waals surface area (Å²) < 4.78 is 5.13. The highest BCUT2D eigenvalue weighted by atomic mass is 16.5. The maximum absolute atomic E-state index is 11.6. The second-order valence-corrected chi connectivity index (χ2v) is 4.26. The van der Waals surface area contributed by atoms with Crippen molar-refractivity contribution in [3.05, 3.63) is 65.7 Å². The zero-order chi connectivity index (χ0) is 14.9. The molecule has 0 saturated carbocycles. The summed E-state index contributed by atoms with van der Waals surface area (Å²) in [5.41, 5.74) is 7.19. The first kappa shape index (κ1) is 14.6. The standard InChI is InChI=1S/C17H16N2O2/c18-12-4-5-14-8-10-15(11-9-14)13-19-17(20)21-16-6-2-1-3-7-16/h1-3,6-11H,12-13,18H2,(H,19,20). The number of nitrogens with two attached hydrogens (primary N) is 1. The van der Waals surface area contributed by atoms with Crippen molar-refractivity contribution >= 4 is 6.09 Å². The van der Waals surface area contributed by atoms with Gasteiger partial charge < -0.3 is 15.8 Å². The average Bonchev–Trinajstić information content (AvgIpc) is 2.53. The van der Waals surface area contributed by atoms with Crippen molar-refractivity contribution in [2.45, 2.75) is 6.54 Å². The molecule has 3 N–H and O–H groups in total. The second-order valence-electron chi connectivity index (χ2n) is 4.26. The van der Waals surface area contributed by atoms with Gasteiger partial charge in [0, 0.05) is 12.1 Å². The second kappa shape index (κ2) is 7.73. The lowest BCUT2D eigenvalue weighted by Crippen LogP contribution is -2.26. The summed E-state index contributed by atoms with van der Waals surface area (Å²) in [6.07, 6.45) is -0.479. The number of rotatable bonds is 3. The van der Waals surface area contributed by atoms with Crippen molar-refractivity contribution in [2.75, 3.05) is 6.54 Å². The molecule has 0 aromatic heterocycles. The molecule has 0 aliphatic carbocycles. The third-order valence-electron chi connectivity index (χ3n) is 2.68. The van der Waals surface area contributed by atoms with Gasteiger partial charge in [-0.05, 0) is 29.8 Å². The van der Waals surface area contributed by atoms with Gasteiger partial charge >= 0.3 is 6.09 Å². The lowest BCUT2D eigenvalue weighted by atomic mass is 10.1. The summed E-state index contributed by atoms with van der Waals surface area (Å²) >= 11 is 0. The van der Waals surface area contributed by atoms with Crippen molar-refractivity contribution in [3.63, 3.8) is 0 Å². The smallest absolute Gasteiger partial charge is 0.410 e. The molecule has 0 unspecified atom stereocenters. The van der Waals surface area contributed by atoms with Gasteiger partial charge in [-0.3, -0.25) is 0 Å². The Morgan fingerprint density at radius 3 is 2.48 bits per heavy atom. The Balaban J connectivity index is 1.84. The van der Waals surface area contributed by atoms with Crippen LogP contribution in [0.15, 0.2) is 54.6 Å². The molecule has 4 nitrogen and oxygen atoms in total. The monoisotopic (exact) mass is 280 g/mol. The van der Waals surface area contributed by atoms with Crippen LogP contribution in [0.3, 0.4) is 0 Å². The Hall–Kier alpha value is -2.77. The third kappa shape index (κ3) is 5.01. The van der Waals surface area contributed by atoms with Crippen LogP contribution in [-0.4, -0.2) is 12.6 Å². The maximum Gasteiger partial charge on any atom is 0.412 e. The Kier molecular flexibility index (Phi) is 5.39.